The molecule has 3 N–H and O–H groups in total. The molecule has 0 aliphatic heterocycles. The van der Waals surface area contributed by atoms with Gasteiger partial charge in [-0.25, -0.2) is 0 Å². The molecule has 0 radical (unpaired) electrons. The summed E-state index contributed by atoms with van der Waals surface area (Å²) in [5.74, 6) is 0.0580. The number of rotatable bonds is 5. The molecule has 0 spiro atoms. The summed E-state index contributed by atoms with van der Waals surface area (Å²) in [6.07, 6.45) is 0.212. The van der Waals surface area contributed by atoms with E-state index in [0.29, 0.717) is 21.5 Å². The van der Waals surface area contributed by atoms with Gasteiger partial charge in [0.05, 0.1) is 24.3 Å². The largest absolute Gasteiger partial charge is 0.490 e. The Morgan fingerprint density at radius 2 is 2.11 bits per heavy atom. The van der Waals surface area contributed by atoms with E-state index in [0.717, 1.165) is 0 Å². The average Bonchev–Trinajstić information content (AvgIpc) is 2.30. The maximum atomic E-state index is 11.5. The van der Waals surface area contributed by atoms with E-state index in [1.54, 1.807) is 19.2 Å². The summed E-state index contributed by atoms with van der Waals surface area (Å²) in [4.78, 5) is 22.6. The Hall–Kier alpha value is -1.56. The Balaban J connectivity index is 2.87. The smallest absolute Gasteiger partial charge is 0.223 e. The number of hydrogen-bond acceptors (Lipinski definition) is 4. The predicted octanol–water partition coefficient (Wildman–Crippen LogP) is 1.75. The van der Waals surface area contributed by atoms with Crippen LogP contribution in [0.4, 0.5) is 5.69 Å². The van der Waals surface area contributed by atoms with Crippen LogP contribution in [0.1, 0.15) is 23.7 Å². The minimum atomic E-state index is -0.141. The third kappa shape index (κ3) is 3.73. The monoisotopic (exact) mass is 314 g/mol. The Labute approximate surface area is 114 Å². The first-order chi connectivity index (χ1) is 8.45. The van der Waals surface area contributed by atoms with E-state index in [4.69, 9.17) is 10.5 Å². The number of nitrogens with one attached hydrogen (secondary N) is 1. The molecule has 98 valence electrons. The first kappa shape index (κ1) is 14.5. The van der Waals surface area contributed by atoms with Crippen LogP contribution in [0.5, 0.6) is 5.75 Å². The molecule has 1 amide bonds. The van der Waals surface area contributed by atoms with Gasteiger partial charge in [0.15, 0.2) is 11.5 Å². The van der Waals surface area contributed by atoms with Crippen LogP contribution in [0, 0.1) is 0 Å². The van der Waals surface area contributed by atoms with Crippen LogP contribution in [0.2, 0.25) is 0 Å². The predicted molar refractivity (Wildman–Crippen MR) is 72.7 cm³/mol. The fourth-order valence-electron chi connectivity index (χ4n) is 1.41. The maximum absolute atomic E-state index is 11.5. The van der Waals surface area contributed by atoms with Gasteiger partial charge in [-0.2, -0.15) is 0 Å². The summed E-state index contributed by atoms with van der Waals surface area (Å²) in [7, 11) is 1.55. The zero-order chi connectivity index (χ0) is 13.7. The molecular weight excluding hydrogens is 300 g/mol. The second-order valence-corrected chi connectivity index (χ2v) is 4.62. The second-order valence-electron chi connectivity index (χ2n) is 3.70. The van der Waals surface area contributed by atoms with Crippen LogP contribution in [0.3, 0.4) is 0 Å². The van der Waals surface area contributed by atoms with E-state index in [9.17, 15) is 9.59 Å². The number of carbonyl (C=O) groups is 2. The molecule has 0 aliphatic carbocycles. The average molecular weight is 315 g/mol. The third-order valence-electron chi connectivity index (χ3n) is 2.32. The fourth-order valence-corrected chi connectivity index (χ4v) is 1.88. The first-order valence-electron chi connectivity index (χ1n) is 5.39. The molecule has 6 heteroatoms. The molecule has 0 unspecified atom stereocenters. The molecule has 0 aromatic heterocycles. The molecule has 5 nitrogen and oxygen atoms in total. The zero-order valence-electron chi connectivity index (χ0n) is 10.2. The summed E-state index contributed by atoms with van der Waals surface area (Å²) < 4.78 is 6.14. The molecular formula is C12H15BrN2O3. The number of hydrogen-bond donors (Lipinski definition) is 2. The van der Waals surface area contributed by atoms with E-state index in [1.165, 1.54) is 6.92 Å². The van der Waals surface area contributed by atoms with Crippen molar-refractivity contribution < 1.29 is 14.3 Å². The molecule has 1 aromatic carbocycles. The molecule has 0 saturated heterocycles. The molecule has 0 atom stereocenters. The minimum absolute atomic E-state index is 0.130. The number of halogens is 1. The highest BCUT2D eigenvalue weighted by Gasteiger charge is 2.14. The molecule has 1 aromatic rings. The summed E-state index contributed by atoms with van der Waals surface area (Å²) in [6.45, 7) is 1.61. The standard InChI is InChI=1S/C12H15BrN2O3/c1-7(16)9-5-8(13)6-10(14)12(9)18-4-3-11(17)15-2/h5-6H,3-4,14H2,1-2H3,(H,15,17). The third-order valence-corrected chi connectivity index (χ3v) is 2.77. The lowest BCUT2D eigenvalue weighted by Crippen LogP contribution is -2.20. The van der Waals surface area contributed by atoms with Gasteiger partial charge in [-0.1, -0.05) is 15.9 Å². The van der Waals surface area contributed by atoms with Crippen LogP contribution in [0.25, 0.3) is 0 Å². The van der Waals surface area contributed by atoms with Gasteiger partial charge in [0.2, 0.25) is 5.91 Å². The van der Waals surface area contributed by atoms with Gasteiger partial charge < -0.3 is 15.8 Å². The summed E-state index contributed by atoms with van der Waals surface area (Å²) in [5, 5.41) is 2.49. The van der Waals surface area contributed by atoms with Crippen LogP contribution in [0.15, 0.2) is 16.6 Å². The Kier molecular flexibility index (Phi) is 5.15. The Morgan fingerprint density at radius 1 is 1.44 bits per heavy atom. The van der Waals surface area contributed by atoms with Crippen molar-refractivity contribution in [3.63, 3.8) is 0 Å². The minimum Gasteiger partial charge on any atom is -0.490 e. The van der Waals surface area contributed by atoms with Crippen LogP contribution in [-0.2, 0) is 4.79 Å². The normalized spacial score (nSPS) is 9.94. The van der Waals surface area contributed by atoms with Crippen molar-refractivity contribution in [1.82, 2.24) is 5.32 Å². The number of Topliss-reactive ketones (excluding diaryl/α,β-unsaturated/α-hetero) is 1. The molecule has 1 rings (SSSR count). The van der Waals surface area contributed by atoms with E-state index in [1.807, 2.05) is 0 Å². The van der Waals surface area contributed by atoms with Gasteiger partial charge in [0, 0.05) is 11.5 Å². The molecule has 0 heterocycles. The maximum Gasteiger partial charge on any atom is 0.223 e. The highest BCUT2D eigenvalue weighted by molar-refractivity contribution is 9.10. The number of benzene rings is 1. The zero-order valence-corrected chi connectivity index (χ0v) is 11.8. The molecule has 0 bridgehead atoms. The lowest BCUT2D eigenvalue weighted by molar-refractivity contribution is -0.121. The second kappa shape index (κ2) is 6.39. The lowest BCUT2D eigenvalue weighted by Gasteiger charge is -2.12. The van der Waals surface area contributed by atoms with Gasteiger partial charge in [-0.3, -0.25) is 9.59 Å². The quantitative estimate of drug-likeness (QED) is 0.641. The van der Waals surface area contributed by atoms with Crippen molar-refractivity contribution in [3.05, 3.63) is 22.2 Å². The van der Waals surface area contributed by atoms with Crippen molar-refractivity contribution in [2.24, 2.45) is 0 Å². The van der Waals surface area contributed by atoms with E-state index < -0.39 is 0 Å². The number of amides is 1. The first-order valence-corrected chi connectivity index (χ1v) is 6.18. The van der Waals surface area contributed by atoms with Gasteiger partial charge in [0.25, 0.3) is 0 Å². The van der Waals surface area contributed by atoms with Crippen molar-refractivity contribution in [1.29, 1.82) is 0 Å². The van der Waals surface area contributed by atoms with E-state index >= 15 is 0 Å². The molecule has 0 fully saturated rings. The lowest BCUT2D eigenvalue weighted by atomic mass is 10.1. The summed E-state index contributed by atoms with van der Waals surface area (Å²) in [6, 6.07) is 3.30. The number of nitrogens with two attached hydrogens (primary N) is 1. The molecule has 18 heavy (non-hydrogen) atoms. The number of nitrogen functional groups attached to an aromatic ring is 1. The van der Waals surface area contributed by atoms with Crippen molar-refractivity contribution in [2.45, 2.75) is 13.3 Å². The van der Waals surface area contributed by atoms with E-state index in [2.05, 4.69) is 21.2 Å². The summed E-state index contributed by atoms with van der Waals surface area (Å²) in [5.41, 5.74) is 6.57. The Bertz CT molecular complexity index is 475. The van der Waals surface area contributed by atoms with Crippen molar-refractivity contribution in [3.8, 4) is 5.75 Å². The van der Waals surface area contributed by atoms with Gasteiger partial charge >= 0.3 is 0 Å². The summed E-state index contributed by atoms with van der Waals surface area (Å²) >= 11 is 3.27. The van der Waals surface area contributed by atoms with Crippen LogP contribution >= 0.6 is 15.9 Å². The fraction of sp³-hybridized carbons (Fsp3) is 0.333. The van der Waals surface area contributed by atoms with Crippen molar-refractivity contribution >= 4 is 33.3 Å². The van der Waals surface area contributed by atoms with E-state index in [-0.39, 0.29) is 24.7 Å². The number of carbonyl (C=O) groups excluding carboxylic acids is 2. The van der Waals surface area contributed by atoms with Gasteiger partial charge in [0.1, 0.15) is 0 Å². The van der Waals surface area contributed by atoms with Crippen LogP contribution < -0.4 is 15.8 Å². The Morgan fingerprint density at radius 3 is 2.67 bits per heavy atom. The SMILES string of the molecule is CNC(=O)CCOc1c(N)cc(Br)cc1C(C)=O. The highest BCUT2D eigenvalue weighted by atomic mass is 79.9. The number of ether oxygens (including phenoxy) is 1. The number of ketones is 1. The highest BCUT2D eigenvalue weighted by Crippen LogP contribution is 2.31. The molecule has 0 saturated carbocycles. The molecule has 0 aliphatic rings. The van der Waals surface area contributed by atoms with Crippen LogP contribution in [-0.4, -0.2) is 25.3 Å². The van der Waals surface area contributed by atoms with Gasteiger partial charge in [-0.15, -0.1) is 0 Å². The van der Waals surface area contributed by atoms with Crippen molar-refractivity contribution in [2.75, 3.05) is 19.4 Å². The van der Waals surface area contributed by atoms with Gasteiger partial charge in [-0.05, 0) is 19.1 Å². The number of anilines is 1. The topological polar surface area (TPSA) is 81.4 Å².